The Hall–Kier alpha value is -1.61. The molecule has 0 aliphatic carbocycles. The van der Waals surface area contributed by atoms with Gasteiger partial charge in [0.05, 0.1) is 0 Å². The Morgan fingerprint density at radius 3 is 2.71 bits per heavy atom. The van der Waals surface area contributed by atoms with E-state index in [0.717, 1.165) is 31.1 Å². The largest absolute Gasteiger partial charge is 0.478 e. The van der Waals surface area contributed by atoms with E-state index in [1.807, 2.05) is 18.2 Å². The number of hydrogen-bond donors (Lipinski definition) is 1. The lowest BCUT2D eigenvalue weighted by Gasteiger charge is -2.27. The molecule has 0 bridgehead atoms. The van der Waals surface area contributed by atoms with Crippen LogP contribution in [0, 0.1) is 11.3 Å². The zero-order valence-corrected chi connectivity index (χ0v) is 13.2. The van der Waals surface area contributed by atoms with Crippen LogP contribution in [0.3, 0.4) is 0 Å². The molecule has 3 nitrogen and oxygen atoms in total. The van der Waals surface area contributed by atoms with Gasteiger partial charge < -0.3 is 5.11 Å². The molecule has 1 N–H and O–H groups in total. The molecule has 21 heavy (non-hydrogen) atoms. The second kappa shape index (κ2) is 6.44. The predicted molar refractivity (Wildman–Crippen MR) is 86.0 cm³/mol. The Labute approximate surface area is 127 Å². The molecule has 3 heteroatoms. The molecule has 1 unspecified atom stereocenters. The van der Waals surface area contributed by atoms with Gasteiger partial charge in [-0.15, -0.1) is 0 Å². The standard InChI is InChI=1S/C18H25NO2/c1-18(2,3)16-10-11-19(13-16)12-15-7-5-4-6-14(15)8-9-17(20)21/h4-9,16H,10-13H2,1-3H3,(H,20,21)/b9-8+. The molecule has 1 atom stereocenters. The summed E-state index contributed by atoms with van der Waals surface area (Å²) in [5, 5.41) is 8.78. The zero-order chi connectivity index (χ0) is 15.5. The van der Waals surface area contributed by atoms with Crippen molar-refractivity contribution < 1.29 is 9.90 Å². The van der Waals surface area contributed by atoms with Crippen LogP contribution in [0.1, 0.15) is 38.3 Å². The van der Waals surface area contributed by atoms with Crippen molar-refractivity contribution in [3.63, 3.8) is 0 Å². The average Bonchev–Trinajstić information content (AvgIpc) is 2.86. The molecule has 1 aliphatic rings. The predicted octanol–water partition coefficient (Wildman–Crippen LogP) is 3.65. The fourth-order valence-electron chi connectivity index (χ4n) is 2.93. The van der Waals surface area contributed by atoms with Gasteiger partial charge in [0.2, 0.25) is 0 Å². The van der Waals surface area contributed by atoms with Crippen LogP contribution in [-0.2, 0) is 11.3 Å². The van der Waals surface area contributed by atoms with Crippen molar-refractivity contribution in [2.75, 3.05) is 13.1 Å². The van der Waals surface area contributed by atoms with Crippen molar-refractivity contribution in [1.82, 2.24) is 4.90 Å². The quantitative estimate of drug-likeness (QED) is 0.859. The van der Waals surface area contributed by atoms with Crippen LogP contribution < -0.4 is 0 Å². The van der Waals surface area contributed by atoms with Gasteiger partial charge in [0.15, 0.2) is 0 Å². The Morgan fingerprint density at radius 1 is 1.38 bits per heavy atom. The minimum Gasteiger partial charge on any atom is -0.478 e. The molecule has 1 fully saturated rings. The molecule has 1 heterocycles. The molecular weight excluding hydrogens is 262 g/mol. The summed E-state index contributed by atoms with van der Waals surface area (Å²) < 4.78 is 0. The van der Waals surface area contributed by atoms with E-state index < -0.39 is 5.97 Å². The molecule has 114 valence electrons. The van der Waals surface area contributed by atoms with E-state index >= 15 is 0 Å². The van der Waals surface area contributed by atoms with Crippen LogP contribution in [0.5, 0.6) is 0 Å². The monoisotopic (exact) mass is 287 g/mol. The SMILES string of the molecule is CC(C)(C)C1CCN(Cc2ccccc2/C=C/C(=O)O)C1. The minimum atomic E-state index is -0.904. The summed E-state index contributed by atoms with van der Waals surface area (Å²) in [7, 11) is 0. The van der Waals surface area contributed by atoms with Crippen LogP contribution >= 0.6 is 0 Å². The lowest BCUT2D eigenvalue weighted by atomic mass is 9.80. The molecule has 1 aliphatic heterocycles. The maximum Gasteiger partial charge on any atom is 0.328 e. The van der Waals surface area contributed by atoms with Gasteiger partial charge in [-0.25, -0.2) is 4.79 Å². The number of benzene rings is 1. The minimum absolute atomic E-state index is 0.359. The Morgan fingerprint density at radius 2 is 2.10 bits per heavy atom. The number of carboxylic acid groups (broad SMARTS) is 1. The van der Waals surface area contributed by atoms with Crippen LogP contribution in [0.4, 0.5) is 0 Å². The number of carboxylic acids is 1. The van der Waals surface area contributed by atoms with Crippen molar-refractivity contribution in [2.24, 2.45) is 11.3 Å². The van der Waals surface area contributed by atoms with Gasteiger partial charge >= 0.3 is 5.97 Å². The van der Waals surface area contributed by atoms with Crippen molar-refractivity contribution in [3.8, 4) is 0 Å². The first-order valence-electron chi connectivity index (χ1n) is 7.57. The highest BCUT2D eigenvalue weighted by atomic mass is 16.4. The number of carbonyl (C=O) groups is 1. The smallest absolute Gasteiger partial charge is 0.328 e. The van der Waals surface area contributed by atoms with Crippen molar-refractivity contribution >= 4 is 12.0 Å². The zero-order valence-electron chi connectivity index (χ0n) is 13.2. The first-order valence-corrected chi connectivity index (χ1v) is 7.57. The summed E-state index contributed by atoms with van der Waals surface area (Å²) in [5.41, 5.74) is 2.56. The molecule has 0 amide bonds. The van der Waals surface area contributed by atoms with Gasteiger partial charge in [-0.1, -0.05) is 45.0 Å². The van der Waals surface area contributed by atoms with Crippen molar-refractivity contribution in [2.45, 2.75) is 33.7 Å². The maximum atomic E-state index is 10.7. The summed E-state index contributed by atoms with van der Waals surface area (Å²) >= 11 is 0. The number of aliphatic carboxylic acids is 1. The van der Waals surface area contributed by atoms with Gasteiger partial charge in [0.1, 0.15) is 0 Å². The molecule has 0 radical (unpaired) electrons. The third kappa shape index (κ3) is 4.43. The van der Waals surface area contributed by atoms with E-state index in [1.165, 1.54) is 18.1 Å². The second-order valence-electron chi connectivity index (χ2n) is 6.96. The molecule has 0 saturated carbocycles. The van der Waals surface area contributed by atoms with Gasteiger partial charge in [0, 0.05) is 19.2 Å². The van der Waals surface area contributed by atoms with E-state index in [4.69, 9.17) is 5.11 Å². The van der Waals surface area contributed by atoms with E-state index in [2.05, 4.69) is 31.7 Å². The Kier molecular flexibility index (Phi) is 4.84. The average molecular weight is 287 g/mol. The molecule has 1 saturated heterocycles. The molecule has 2 rings (SSSR count). The highest BCUT2D eigenvalue weighted by molar-refractivity contribution is 5.85. The van der Waals surface area contributed by atoms with E-state index in [1.54, 1.807) is 6.08 Å². The lowest BCUT2D eigenvalue weighted by molar-refractivity contribution is -0.131. The number of hydrogen-bond acceptors (Lipinski definition) is 2. The summed E-state index contributed by atoms with van der Waals surface area (Å²) in [5.74, 6) is -0.169. The van der Waals surface area contributed by atoms with Gasteiger partial charge in [-0.05, 0) is 41.5 Å². The van der Waals surface area contributed by atoms with Gasteiger partial charge in [-0.2, -0.15) is 0 Å². The summed E-state index contributed by atoms with van der Waals surface area (Å²) in [6.07, 6.45) is 4.15. The third-order valence-corrected chi connectivity index (χ3v) is 4.35. The van der Waals surface area contributed by atoms with Crippen LogP contribution in [0.2, 0.25) is 0 Å². The Bertz CT molecular complexity index is 528. The van der Waals surface area contributed by atoms with Crippen LogP contribution in [-0.4, -0.2) is 29.1 Å². The Balaban J connectivity index is 2.06. The van der Waals surface area contributed by atoms with Crippen LogP contribution in [0.15, 0.2) is 30.3 Å². The fraction of sp³-hybridized carbons (Fsp3) is 0.500. The second-order valence-corrected chi connectivity index (χ2v) is 6.96. The normalized spacial score (nSPS) is 20.2. The van der Waals surface area contributed by atoms with Gasteiger partial charge in [-0.3, -0.25) is 4.90 Å². The highest BCUT2D eigenvalue weighted by Gasteiger charge is 2.31. The summed E-state index contributed by atoms with van der Waals surface area (Å²) in [4.78, 5) is 13.2. The first kappa shape index (κ1) is 15.8. The molecule has 0 spiro atoms. The molecule has 1 aromatic rings. The number of rotatable bonds is 4. The van der Waals surface area contributed by atoms with Crippen molar-refractivity contribution in [3.05, 3.63) is 41.5 Å². The highest BCUT2D eigenvalue weighted by Crippen LogP contribution is 2.34. The summed E-state index contributed by atoms with van der Waals surface area (Å²) in [6.45, 7) is 10.1. The summed E-state index contributed by atoms with van der Waals surface area (Å²) in [6, 6.07) is 8.04. The first-order chi connectivity index (χ1) is 9.86. The fourth-order valence-corrected chi connectivity index (χ4v) is 2.93. The third-order valence-electron chi connectivity index (χ3n) is 4.35. The van der Waals surface area contributed by atoms with E-state index in [0.29, 0.717) is 5.41 Å². The van der Waals surface area contributed by atoms with Crippen LogP contribution in [0.25, 0.3) is 6.08 Å². The van der Waals surface area contributed by atoms with E-state index in [-0.39, 0.29) is 0 Å². The number of likely N-dealkylation sites (tertiary alicyclic amines) is 1. The van der Waals surface area contributed by atoms with E-state index in [9.17, 15) is 4.79 Å². The van der Waals surface area contributed by atoms with Crippen molar-refractivity contribution in [1.29, 1.82) is 0 Å². The molecule has 1 aromatic carbocycles. The molecular formula is C18H25NO2. The molecule has 0 aromatic heterocycles. The number of nitrogens with zero attached hydrogens (tertiary/aromatic N) is 1. The lowest BCUT2D eigenvalue weighted by Crippen LogP contribution is -2.26. The van der Waals surface area contributed by atoms with Gasteiger partial charge in [0.25, 0.3) is 0 Å². The topological polar surface area (TPSA) is 40.5 Å². The maximum absolute atomic E-state index is 10.7.